The zero-order valence-corrected chi connectivity index (χ0v) is 16.7. The normalized spacial score (nSPS) is 17.3. The fraction of sp³-hybridized carbons (Fsp3) is 0.750. The van der Waals surface area contributed by atoms with E-state index in [1.54, 1.807) is 0 Å². The minimum Gasteiger partial charge on any atom is -0.480 e. The lowest BCUT2D eigenvalue weighted by Crippen LogP contribution is -2.56. The molecule has 13 nitrogen and oxygen atoms in total. The van der Waals surface area contributed by atoms with Crippen LogP contribution in [-0.2, 0) is 14.3 Å². The molecule has 2 atom stereocenters. The second-order valence-electron chi connectivity index (χ2n) is 7.56. The van der Waals surface area contributed by atoms with Crippen LogP contribution in [0.1, 0.15) is 46.5 Å². The van der Waals surface area contributed by atoms with Gasteiger partial charge in [0.2, 0.25) is 0 Å². The van der Waals surface area contributed by atoms with Gasteiger partial charge in [-0.05, 0) is 51.5 Å². The Kier molecular flexibility index (Phi) is 8.16. The second kappa shape index (κ2) is 9.89. The van der Waals surface area contributed by atoms with Gasteiger partial charge in [-0.25, -0.2) is 19.7 Å². The highest BCUT2D eigenvalue weighted by molar-refractivity contribution is 5.89. The first-order chi connectivity index (χ1) is 13.3. The van der Waals surface area contributed by atoms with Gasteiger partial charge < -0.3 is 26.2 Å². The molecule has 0 spiro atoms. The Bertz CT molecular complexity index is 671. The molecule has 0 aromatic rings. The highest BCUT2D eigenvalue weighted by Crippen LogP contribution is 2.23. The molecule has 2 amide bonds. The molecule has 0 aliphatic carbocycles. The number of hydrogen-bond donors (Lipinski definition) is 3. The SMILES string of the molecule is CC(C)(C)OC(=O)N([C@@H](CCCN=C(N)N)C(=O)N1CCC[C@H]1C(=O)O)[N+](=O)[O-]. The molecule has 0 aromatic carbocycles. The molecule has 1 rings (SSSR count). The van der Waals surface area contributed by atoms with Gasteiger partial charge in [0.15, 0.2) is 17.0 Å². The van der Waals surface area contributed by atoms with Crippen molar-refractivity contribution in [2.24, 2.45) is 16.5 Å². The number of aliphatic carboxylic acids is 1. The van der Waals surface area contributed by atoms with E-state index in [2.05, 4.69) is 4.99 Å². The summed E-state index contributed by atoms with van der Waals surface area (Å²) in [5.74, 6) is -2.22. The molecule has 29 heavy (non-hydrogen) atoms. The summed E-state index contributed by atoms with van der Waals surface area (Å²) in [4.78, 5) is 53.3. The predicted molar refractivity (Wildman–Crippen MR) is 101 cm³/mol. The number of nitro groups is 1. The summed E-state index contributed by atoms with van der Waals surface area (Å²) in [6.45, 7) is 4.78. The Labute approximate surface area is 167 Å². The molecule has 1 aliphatic heterocycles. The van der Waals surface area contributed by atoms with Crippen molar-refractivity contribution >= 4 is 23.9 Å². The third-order valence-electron chi connectivity index (χ3n) is 4.09. The number of likely N-dealkylation sites (tertiary alicyclic amines) is 1. The number of hydrogen-bond acceptors (Lipinski definition) is 7. The highest BCUT2D eigenvalue weighted by atomic mass is 16.7. The lowest BCUT2D eigenvalue weighted by atomic mass is 10.1. The van der Waals surface area contributed by atoms with E-state index in [1.807, 2.05) is 0 Å². The van der Waals surface area contributed by atoms with Gasteiger partial charge in [-0.2, -0.15) is 0 Å². The predicted octanol–water partition coefficient (Wildman–Crippen LogP) is -0.0870. The van der Waals surface area contributed by atoms with Crippen LogP contribution in [0.4, 0.5) is 4.79 Å². The molecule has 0 unspecified atom stereocenters. The van der Waals surface area contributed by atoms with E-state index in [4.69, 9.17) is 16.2 Å². The zero-order valence-electron chi connectivity index (χ0n) is 16.7. The molecule has 0 saturated carbocycles. The van der Waals surface area contributed by atoms with Crippen LogP contribution >= 0.6 is 0 Å². The lowest BCUT2D eigenvalue weighted by molar-refractivity contribution is -0.641. The maximum Gasteiger partial charge on any atom is 0.469 e. The number of carbonyl (C=O) groups is 3. The van der Waals surface area contributed by atoms with Crippen molar-refractivity contribution in [1.82, 2.24) is 9.91 Å². The molecule has 164 valence electrons. The molecule has 0 bridgehead atoms. The number of hydrazine groups is 1. The van der Waals surface area contributed by atoms with Gasteiger partial charge in [-0.1, -0.05) is 0 Å². The molecule has 5 N–H and O–H groups in total. The Morgan fingerprint density at radius 1 is 1.38 bits per heavy atom. The zero-order chi connectivity index (χ0) is 22.4. The standard InChI is InChI=1S/C16H28N6O7/c1-16(2,3)29-15(26)21(22(27)28)10(6-4-8-19-14(17)18)12(23)20-9-5-7-11(20)13(24)25/h10-11H,4-9H2,1-3H3,(H,24,25)(H4,17,18,19)/t10-,11-/m0/s1. The van der Waals surface area contributed by atoms with Crippen LogP contribution in [-0.4, -0.2) is 74.8 Å². The Balaban J connectivity index is 3.17. The van der Waals surface area contributed by atoms with Crippen LogP contribution in [0.3, 0.4) is 0 Å². The molecular formula is C16H28N6O7. The van der Waals surface area contributed by atoms with Crippen LogP contribution in [0.2, 0.25) is 0 Å². The number of aliphatic imine (C=N–C) groups is 1. The van der Waals surface area contributed by atoms with Crippen molar-refractivity contribution in [1.29, 1.82) is 0 Å². The smallest absolute Gasteiger partial charge is 0.469 e. The third-order valence-corrected chi connectivity index (χ3v) is 4.09. The molecule has 1 aliphatic rings. The average molecular weight is 416 g/mol. The lowest BCUT2D eigenvalue weighted by Gasteiger charge is -2.30. The third kappa shape index (κ3) is 7.08. The number of rotatable bonds is 8. The number of carboxylic acids is 1. The van der Waals surface area contributed by atoms with Crippen molar-refractivity contribution in [3.8, 4) is 0 Å². The monoisotopic (exact) mass is 416 g/mol. The number of carbonyl (C=O) groups excluding carboxylic acids is 2. The fourth-order valence-corrected chi connectivity index (χ4v) is 2.94. The van der Waals surface area contributed by atoms with Crippen LogP contribution in [0.5, 0.6) is 0 Å². The minimum absolute atomic E-state index is 0.0777. The number of nitrogens with two attached hydrogens (primary N) is 2. The van der Waals surface area contributed by atoms with Gasteiger partial charge in [0.25, 0.3) is 5.91 Å². The largest absolute Gasteiger partial charge is 0.480 e. The average Bonchev–Trinajstić information content (AvgIpc) is 3.04. The van der Waals surface area contributed by atoms with Crippen molar-refractivity contribution < 1.29 is 29.3 Å². The first-order valence-electron chi connectivity index (χ1n) is 9.10. The molecule has 1 saturated heterocycles. The Morgan fingerprint density at radius 3 is 2.48 bits per heavy atom. The van der Waals surface area contributed by atoms with Gasteiger partial charge >= 0.3 is 12.1 Å². The van der Waals surface area contributed by atoms with Gasteiger partial charge in [-0.15, -0.1) is 0 Å². The van der Waals surface area contributed by atoms with Gasteiger partial charge in [0, 0.05) is 13.1 Å². The van der Waals surface area contributed by atoms with Crippen molar-refractivity contribution in [2.45, 2.75) is 64.1 Å². The molecular weight excluding hydrogens is 388 g/mol. The van der Waals surface area contributed by atoms with Crippen LogP contribution in [0.15, 0.2) is 4.99 Å². The molecule has 0 radical (unpaired) electrons. The van der Waals surface area contributed by atoms with Crippen LogP contribution in [0, 0.1) is 10.1 Å². The number of ether oxygens (including phenoxy) is 1. The van der Waals surface area contributed by atoms with Crippen molar-refractivity contribution in [3.63, 3.8) is 0 Å². The number of amides is 2. The molecule has 1 heterocycles. The van der Waals surface area contributed by atoms with E-state index >= 15 is 0 Å². The Morgan fingerprint density at radius 2 is 2.00 bits per heavy atom. The van der Waals surface area contributed by atoms with Gasteiger partial charge in [0.1, 0.15) is 11.6 Å². The molecule has 13 heteroatoms. The van der Waals surface area contributed by atoms with Gasteiger partial charge in [-0.3, -0.25) is 9.79 Å². The highest BCUT2D eigenvalue weighted by Gasteiger charge is 2.46. The summed E-state index contributed by atoms with van der Waals surface area (Å²) in [6.07, 6.45) is -0.652. The van der Waals surface area contributed by atoms with E-state index in [9.17, 15) is 29.6 Å². The maximum absolute atomic E-state index is 13.0. The molecule has 1 fully saturated rings. The van der Waals surface area contributed by atoms with E-state index in [0.717, 1.165) is 4.90 Å². The quantitative estimate of drug-likeness (QED) is 0.159. The van der Waals surface area contributed by atoms with E-state index in [0.29, 0.717) is 6.42 Å². The number of guanidine groups is 1. The maximum atomic E-state index is 13.0. The van der Waals surface area contributed by atoms with E-state index < -0.39 is 40.7 Å². The van der Waals surface area contributed by atoms with E-state index in [-0.39, 0.29) is 43.3 Å². The minimum atomic E-state index is -1.56. The summed E-state index contributed by atoms with van der Waals surface area (Å²) in [5.41, 5.74) is 9.45. The molecule has 0 aromatic heterocycles. The first-order valence-corrected chi connectivity index (χ1v) is 9.10. The number of carboxylic acid groups (broad SMARTS) is 1. The Hall–Kier alpha value is -3.12. The van der Waals surface area contributed by atoms with Crippen molar-refractivity contribution in [2.75, 3.05) is 13.1 Å². The summed E-state index contributed by atoms with van der Waals surface area (Å²) in [7, 11) is 0. The van der Waals surface area contributed by atoms with E-state index in [1.165, 1.54) is 20.8 Å². The van der Waals surface area contributed by atoms with Gasteiger partial charge in [0.05, 0.1) is 0 Å². The second-order valence-corrected chi connectivity index (χ2v) is 7.56. The number of nitrogens with zero attached hydrogens (tertiary/aromatic N) is 4. The van der Waals surface area contributed by atoms with Crippen LogP contribution in [0.25, 0.3) is 0 Å². The summed E-state index contributed by atoms with van der Waals surface area (Å²) in [6, 6.07) is -2.66. The fourth-order valence-electron chi connectivity index (χ4n) is 2.94. The first kappa shape index (κ1) is 23.9. The summed E-state index contributed by atoms with van der Waals surface area (Å²) >= 11 is 0. The summed E-state index contributed by atoms with van der Waals surface area (Å²) in [5, 5.41) is 20.0. The topological polar surface area (TPSA) is 195 Å². The van der Waals surface area contributed by atoms with Crippen LogP contribution < -0.4 is 11.5 Å². The van der Waals surface area contributed by atoms with Crippen molar-refractivity contribution in [3.05, 3.63) is 10.1 Å². The summed E-state index contributed by atoms with van der Waals surface area (Å²) < 4.78 is 5.06.